The van der Waals surface area contributed by atoms with Gasteiger partial charge in [-0.2, -0.15) is 10.1 Å². The maximum Gasteiger partial charge on any atom is 0.292 e. The van der Waals surface area contributed by atoms with Crippen LogP contribution < -0.4 is 5.32 Å². The molecule has 3 aromatic heterocycles. The Bertz CT molecular complexity index is 1610. The van der Waals surface area contributed by atoms with E-state index in [1.165, 1.54) is 6.33 Å². The lowest BCUT2D eigenvalue weighted by molar-refractivity contribution is 0.0937. The van der Waals surface area contributed by atoms with Crippen molar-refractivity contribution < 1.29 is 14.1 Å². The van der Waals surface area contributed by atoms with Crippen molar-refractivity contribution in [2.45, 2.75) is 39.7 Å². The van der Waals surface area contributed by atoms with E-state index in [1.807, 2.05) is 70.3 Å². The zero-order valence-corrected chi connectivity index (χ0v) is 21.0. The number of rotatable bonds is 6. The van der Waals surface area contributed by atoms with Gasteiger partial charge in [0.15, 0.2) is 0 Å². The van der Waals surface area contributed by atoms with Gasteiger partial charge in [-0.05, 0) is 35.7 Å². The number of carbonyl (C=O) groups is 2. The minimum Gasteiger partial charge on any atom is -0.345 e. The molecule has 5 rings (SSSR count). The van der Waals surface area contributed by atoms with Gasteiger partial charge in [0, 0.05) is 34.8 Å². The fourth-order valence-electron chi connectivity index (χ4n) is 3.98. The Morgan fingerprint density at radius 2 is 1.81 bits per heavy atom. The van der Waals surface area contributed by atoms with Crippen molar-refractivity contribution in [3.63, 3.8) is 0 Å². The number of amides is 1. The second-order valence-corrected chi connectivity index (χ2v) is 9.90. The quantitative estimate of drug-likeness (QED) is 0.337. The van der Waals surface area contributed by atoms with Crippen molar-refractivity contribution in [2.75, 3.05) is 0 Å². The summed E-state index contributed by atoms with van der Waals surface area (Å²) in [5.74, 6) is 0.0513. The van der Waals surface area contributed by atoms with Crippen LogP contribution >= 0.6 is 0 Å². The van der Waals surface area contributed by atoms with Gasteiger partial charge in [-0.15, -0.1) is 0 Å². The number of nitrogens with one attached hydrogen (secondary N) is 1. The van der Waals surface area contributed by atoms with Gasteiger partial charge < -0.3 is 9.84 Å². The summed E-state index contributed by atoms with van der Waals surface area (Å²) in [5, 5.41) is 11.0. The molecule has 1 N–H and O–H groups in total. The van der Waals surface area contributed by atoms with Crippen molar-refractivity contribution in [3.05, 3.63) is 89.5 Å². The monoisotopic (exact) mass is 494 g/mol. The molecule has 2 aromatic carbocycles. The number of carbonyl (C=O) groups excluding carboxylic acids is 2. The predicted molar refractivity (Wildman–Crippen MR) is 138 cm³/mol. The molecule has 0 spiro atoms. The molecule has 0 fully saturated rings. The molecule has 0 aliphatic carbocycles. The van der Waals surface area contributed by atoms with Crippen LogP contribution in [0.3, 0.4) is 0 Å². The molecular weight excluding hydrogens is 468 g/mol. The third-order valence-corrected chi connectivity index (χ3v) is 6.11. The van der Waals surface area contributed by atoms with Gasteiger partial charge in [-0.1, -0.05) is 62.3 Å². The van der Waals surface area contributed by atoms with Crippen molar-refractivity contribution in [3.8, 4) is 22.4 Å². The van der Waals surface area contributed by atoms with Crippen LogP contribution in [0.4, 0.5) is 0 Å². The number of aromatic nitrogens is 5. The summed E-state index contributed by atoms with van der Waals surface area (Å²) < 4.78 is 7.01. The molecule has 0 unspecified atom stereocenters. The second kappa shape index (κ2) is 9.42. The van der Waals surface area contributed by atoms with Crippen molar-refractivity contribution in [1.29, 1.82) is 0 Å². The van der Waals surface area contributed by atoms with E-state index in [-0.39, 0.29) is 17.1 Å². The Kier molecular flexibility index (Phi) is 6.12. The molecule has 37 heavy (non-hydrogen) atoms. The number of aldehydes is 1. The molecule has 0 bridgehead atoms. The van der Waals surface area contributed by atoms with Crippen LogP contribution in [-0.4, -0.2) is 36.9 Å². The van der Waals surface area contributed by atoms with Gasteiger partial charge in [-0.3, -0.25) is 9.59 Å². The Hall–Kier alpha value is -4.66. The van der Waals surface area contributed by atoms with Crippen LogP contribution in [-0.2, 0) is 12.0 Å². The summed E-state index contributed by atoms with van der Waals surface area (Å²) in [6.07, 6.45) is 4.30. The highest BCUT2D eigenvalue weighted by Gasteiger charge is 2.24. The molecule has 0 atom stereocenters. The fraction of sp³-hybridized carbons (Fsp3) is 0.214. The van der Waals surface area contributed by atoms with Gasteiger partial charge in [-0.25, -0.2) is 9.50 Å². The van der Waals surface area contributed by atoms with Crippen molar-refractivity contribution >= 4 is 17.7 Å². The fourth-order valence-corrected chi connectivity index (χ4v) is 3.98. The van der Waals surface area contributed by atoms with E-state index in [0.29, 0.717) is 18.0 Å². The topological polar surface area (TPSA) is 115 Å². The number of hydrogen-bond acceptors (Lipinski definition) is 7. The van der Waals surface area contributed by atoms with Crippen LogP contribution in [0.25, 0.3) is 27.9 Å². The average Bonchev–Trinajstić information content (AvgIpc) is 3.56. The first-order valence-corrected chi connectivity index (χ1v) is 11.8. The van der Waals surface area contributed by atoms with Crippen LogP contribution in [0.2, 0.25) is 0 Å². The minimum atomic E-state index is -0.387. The molecule has 0 aliphatic rings. The first-order chi connectivity index (χ1) is 17.7. The summed E-state index contributed by atoms with van der Waals surface area (Å²) >= 11 is 0. The predicted octanol–water partition coefficient (Wildman–Crippen LogP) is 4.79. The molecule has 1 amide bonds. The highest BCUT2D eigenvalue weighted by Crippen LogP contribution is 2.29. The normalized spacial score (nSPS) is 11.6. The molecule has 0 aliphatic heterocycles. The molecule has 9 heteroatoms. The van der Waals surface area contributed by atoms with E-state index in [4.69, 9.17) is 4.52 Å². The number of aryl methyl sites for hydroxylation is 1. The first-order valence-electron chi connectivity index (χ1n) is 11.8. The molecule has 5 aromatic rings. The Morgan fingerprint density at radius 3 is 2.49 bits per heavy atom. The van der Waals surface area contributed by atoms with Crippen LogP contribution in [0, 0.1) is 6.92 Å². The van der Waals surface area contributed by atoms with Crippen LogP contribution in [0.5, 0.6) is 0 Å². The van der Waals surface area contributed by atoms with E-state index in [1.54, 1.807) is 16.6 Å². The van der Waals surface area contributed by atoms with E-state index >= 15 is 0 Å². The van der Waals surface area contributed by atoms with E-state index < -0.39 is 0 Å². The molecule has 186 valence electrons. The molecular formula is C28H26N6O3. The number of nitrogens with zero attached hydrogens (tertiary/aromatic N) is 5. The van der Waals surface area contributed by atoms with E-state index in [0.717, 1.165) is 45.3 Å². The zero-order valence-electron chi connectivity index (χ0n) is 21.0. The zero-order chi connectivity index (χ0) is 26.2. The highest BCUT2D eigenvalue weighted by atomic mass is 16.5. The maximum atomic E-state index is 12.5. The number of benzene rings is 2. The lowest BCUT2D eigenvalue weighted by Crippen LogP contribution is -2.24. The maximum absolute atomic E-state index is 12.5. The third kappa shape index (κ3) is 4.88. The van der Waals surface area contributed by atoms with E-state index in [2.05, 4.69) is 25.5 Å². The lowest BCUT2D eigenvalue weighted by atomic mass is 9.97. The van der Waals surface area contributed by atoms with Crippen molar-refractivity contribution in [2.24, 2.45) is 0 Å². The number of fused-ring (bicyclic) bond motifs is 1. The summed E-state index contributed by atoms with van der Waals surface area (Å²) in [7, 11) is 0. The summed E-state index contributed by atoms with van der Waals surface area (Å²) in [4.78, 5) is 32.2. The lowest BCUT2D eigenvalue weighted by Gasteiger charge is -2.10. The first kappa shape index (κ1) is 24.1. The minimum absolute atomic E-state index is 0.0208. The Balaban J connectivity index is 1.36. The largest absolute Gasteiger partial charge is 0.345 e. The smallest absolute Gasteiger partial charge is 0.292 e. The Morgan fingerprint density at radius 1 is 1.05 bits per heavy atom. The average molecular weight is 495 g/mol. The van der Waals surface area contributed by atoms with Gasteiger partial charge in [0.1, 0.15) is 12.6 Å². The van der Waals surface area contributed by atoms with Crippen molar-refractivity contribution in [1.82, 2.24) is 30.1 Å². The van der Waals surface area contributed by atoms with Crippen LogP contribution in [0.1, 0.15) is 58.8 Å². The standard InChI is InChI=1S/C28H26N6O3/c1-17-11-20(9-10-21(17)13-29-26(36)25-32-27(37-33-25)28(2,3)4)24-23-12-22(14-34(23)31-16-30-24)19-7-5-18(15-35)6-8-19/h5-12,14-16H,13H2,1-4H3,(H,29,36). The van der Waals surface area contributed by atoms with Crippen LogP contribution in [0.15, 0.2) is 65.6 Å². The van der Waals surface area contributed by atoms with Gasteiger partial charge in [0.2, 0.25) is 5.89 Å². The Labute approximate surface area is 213 Å². The number of hydrogen-bond donors (Lipinski definition) is 1. The van der Waals surface area contributed by atoms with E-state index in [9.17, 15) is 9.59 Å². The SMILES string of the molecule is Cc1cc(-c2ncnn3cc(-c4ccc(C=O)cc4)cc23)ccc1CNC(=O)c1noc(C(C)(C)C)n1. The molecule has 0 saturated heterocycles. The molecule has 9 nitrogen and oxygen atoms in total. The highest BCUT2D eigenvalue weighted by molar-refractivity contribution is 5.90. The molecule has 3 heterocycles. The molecule has 0 radical (unpaired) electrons. The third-order valence-electron chi connectivity index (χ3n) is 6.11. The van der Waals surface area contributed by atoms with Gasteiger partial charge in [0.25, 0.3) is 11.7 Å². The molecule has 0 saturated carbocycles. The van der Waals surface area contributed by atoms with Gasteiger partial charge in [0.05, 0.1) is 11.2 Å². The summed E-state index contributed by atoms with van der Waals surface area (Å²) in [6, 6.07) is 15.4. The summed E-state index contributed by atoms with van der Waals surface area (Å²) in [5.41, 5.74) is 6.84. The summed E-state index contributed by atoms with van der Waals surface area (Å²) in [6.45, 7) is 8.15. The van der Waals surface area contributed by atoms with Gasteiger partial charge >= 0.3 is 0 Å². The second-order valence-electron chi connectivity index (χ2n) is 9.90.